The van der Waals surface area contributed by atoms with E-state index < -0.39 is 0 Å². The van der Waals surface area contributed by atoms with Crippen molar-refractivity contribution < 1.29 is 9.59 Å². The second-order valence-electron chi connectivity index (χ2n) is 6.33. The monoisotopic (exact) mass is 346 g/mol. The van der Waals surface area contributed by atoms with Crippen LogP contribution in [-0.4, -0.2) is 18.4 Å². The molecule has 132 valence electrons. The molecular formula is C22H22N2O2. The minimum atomic E-state index is -0.165. The van der Waals surface area contributed by atoms with E-state index in [9.17, 15) is 9.59 Å². The summed E-state index contributed by atoms with van der Waals surface area (Å²) in [5.41, 5.74) is 2.84. The van der Waals surface area contributed by atoms with Crippen molar-refractivity contribution in [2.24, 2.45) is 0 Å². The maximum absolute atomic E-state index is 12.2. The Morgan fingerprint density at radius 2 is 1.65 bits per heavy atom. The number of hydrogen-bond donors (Lipinski definition) is 2. The molecular weight excluding hydrogens is 324 g/mol. The molecule has 0 aromatic heterocycles. The van der Waals surface area contributed by atoms with Gasteiger partial charge in [0.25, 0.3) is 5.91 Å². The lowest BCUT2D eigenvalue weighted by Gasteiger charge is -2.08. The van der Waals surface area contributed by atoms with Crippen LogP contribution in [0.5, 0.6) is 0 Å². The largest absolute Gasteiger partial charge is 0.352 e. The van der Waals surface area contributed by atoms with Gasteiger partial charge in [-0.05, 0) is 35.4 Å². The molecule has 0 aliphatic rings. The Kier molecular flexibility index (Phi) is 5.64. The quantitative estimate of drug-likeness (QED) is 0.717. The summed E-state index contributed by atoms with van der Waals surface area (Å²) >= 11 is 0. The first-order valence-electron chi connectivity index (χ1n) is 8.71. The van der Waals surface area contributed by atoms with Crippen LogP contribution in [0.25, 0.3) is 10.8 Å². The van der Waals surface area contributed by atoms with Gasteiger partial charge in [0.1, 0.15) is 0 Å². The molecule has 4 nitrogen and oxygen atoms in total. The molecule has 2 N–H and O–H groups in total. The number of hydrogen-bond acceptors (Lipinski definition) is 2. The Morgan fingerprint density at radius 3 is 2.46 bits per heavy atom. The molecule has 0 aliphatic carbocycles. The van der Waals surface area contributed by atoms with Gasteiger partial charge in [0, 0.05) is 25.1 Å². The number of nitrogens with one attached hydrogen (secondary N) is 2. The van der Waals surface area contributed by atoms with Crippen molar-refractivity contribution in [3.05, 3.63) is 83.4 Å². The molecule has 0 atom stereocenters. The van der Waals surface area contributed by atoms with E-state index >= 15 is 0 Å². The highest BCUT2D eigenvalue weighted by atomic mass is 16.2. The summed E-state index contributed by atoms with van der Waals surface area (Å²) in [4.78, 5) is 24.2. The molecule has 4 heteroatoms. The Bertz CT molecular complexity index is 934. The van der Waals surface area contributed by atoms with Gasteiger partial charge in [0.15, 0.2) is 0 Å². The number of carbonyl (C=O) groups excluding carboxylic acids is 2. The van der Waals surface area contributed by atoms with Crippen LogP contribution >= 0.6 is 0 Å². The Labute approximate surface area is 153 Å². The van der Waals surface area contributed by atoms with Crippen LogP contribution in [0.15, 0.2) is 66.7 Å². The van der Waals surface area contributed by atoms with E-state index in [1.54, 1.807) is 6.07 Å². The Morgan fingerprint density at radius 1 is 0.846 bits per heavy atom. The van der Waals surface area contributed by atoms with Crippen molar-refractivity contribution in [3.63, 3.8) is 0 Å². The number of fused-ring (bicyclic) bond motifs is 1. The minimum absolute atomic E-state index is 0.0784. The van der Waals surface area contributed by atoms with E-state index in [1.165, 1.54) is 5.56 Å². The topological polar surface area (TPSA) is 58.2 Å². The average molecular weight is 346 g/mol. The SMILES string of the molecule is Cc1cccc(CNC(=O)CCNC(=O)c2ccc3ccccc3c2)c1. The molecule has 0 unspecified atom stereocenters. The molecule has 0 saturated carbocycles. The average Bonchev–Trinajstić information content (AvgIpc) is 2.66. The molecule has 0 bridgehead atoms. The maximum Gasteiger partial charge on any atom is 0.251 e. The summed E-state index contributed by atoms with van der Waals surface area (Å²) in [5, 5.41) is 7.80. The van der Waals surface area contributed by atoms with Gasteiger partial charge in [0.2, 0.25) is 5.91 Å². The van der Waals surface area contributed by atoms with E-state index in [4.69, 9.17) is 0 Å². The fraction of sp³-hybridized carbons (Fsp3) is 0.182. The molecule has 0 saturated heterocycles. The van der Waals surface area contributed by atoms with Crippen molar-refractivity contribution in [1.29, 1.82) is 0 Å². The van der Waals surface area contributed by atoms with Gasteiger partial charge in [-0.25, -0.2) is 0 Å². The summed E-state index contributed by atoms with van der Waals surface area (Å²) in [6.45, 7) is 2.83. The Balaban J connectivity index is 1.46. The smallest absolute Gasteiger partial charge is 0.251 e. The zero-order valence-corrected chi connectivity index (χ0v) is 14.8. The maximum atomic E-state index is 12.2. The highest BCUT2D eigenvalue weighted by molar-refractivity contribution is 5.98. The first-order chi connectivity index (χ1) is 12.6. The third-order valence-electron chi connectivity index (χ3n) is 4.22. The van der Waals surface area contributed by atoms with Crippen molar-refractivity contribution >= 4 is 22.6 Å². The Hall–Kier alpha value is -3.14. The summed E-state index contributed by atoms with van der Waals surface area (Å²) in [6, 6.07) is 21.5. The van der Waals surface area contributed by atoms with Gasteiger partial charge >= 0.3 is 0 Å². The second kappa shape index (κ2) is 8.30. The summed E-state index contributed by atoms with van der Waals surface area (Å²) < 4.78 is 0. The lowest BCUT2D eigenvalue weighted by Crippen LogP contribution is -2.30. The summed E-state index contributed by atoms with van der Waals surface area (Å²) in [6.07, 6.45) is 0.255. The summed E-state index contributed by atoms with van der Waals surface area (Å²) in [5.74, 6) is -0.243. The van der Waals surface area contributed by atoms with Crippen LogP contribution in [0.4, 0.5) is 0 Å². The number of benzene rings is 3. The molecule has 0 heterocycles. The lowest BCUT2D eigenvalue weighted by atomic mass is 10.1. The van der Waals surface area contributed by atoms with Gasteiger partial charge in [-0.3, -0.25) is 9.59 Å². The van der Waals surface area contributed by atoms with Crippen LogP contribution in [0.1, 0.15) is 27.9 Å². The zero-order valence-electron chi connectivity index (χ0n) is 14.8. The molecule has 26 heavy (non-hydrogen) atoms. The molecule has 2 amide bonds. The van der Waals surface area contributed by atoms with Gasteiger partial charge < -0.3 is 10.6 Å². The second-order valence-corrected chi connectivity index (χ2v) is 6.33. The van der Waals surface area contributed by atoms with Crippen molar-refractivity contribution in [3.8, 4) is 0 Å². The molecule has 0 aliphatic heterocycles. The normalized spacial score (nSPS) is 10.5. The highest BCUT2D eigenvalue weighted by Gasteiger charge is 2.07. The van der Waals surface area contributed by atoms with Crippen molar-refractivity contribution in [2.45, 2.75) is 19.9 Å². The van der Waals surface area contributed by atoms with Crippen LogP contribution in [0, 0.1) is 6.92 Å². The van der Waals surface area contributed by atoms with Crippen molar-refractivity contribution in [1.82, 2.24) is 10.6 Å². The van der Waals surface area contributed by atoms with Crippen LogP contribution in [0.3, 0.4) is 0 Å². The predicted octanol–water partition coefficient (Wildman–Crippen LogP) is 3.58. The number of rotatable bonds is 6. The lowest BCUT2D eigenvalue weighted by molar-refractivity contribution is -0.121. The number of amides is 2. The number of carbonyl (C=O) groups is 2. The van der Waals surface area contributed by atoms with Gasteiger partial charge in [0.05, 0.1) is 0 Å². The molecule has 3 aromatic rings. The van der Waals surface area contributed by atoms with Gasteiger partial charge in [-0.2, -0.15) is 0 Å². The minimum Gasteiger partial charge on any atom is -0.352 e. The van der Waals surface area contributed by atoms with Gasteiger partial charge in [-0.15, -0.1) is 0 Å². The standard InChI is InChI=1S/C22H22N2O2/c1-16-5-4-6-17(13-16)15-24-21(25)11-12-23-22(26)20-10-9-18-7-2-3-8-19(18)14-20/h2-10,13-14H,11-12,15H2,1H3,(H,23,26)(H,24,25). The molecule has 0 radical (unpaired) electrons. The molecule has 0 fully saturated rings. The fourth-order valence-electron chi connectivity index (χ4n) is 2.83. The number of aryl methyl sites for hydroxylation is 1. The van der Waals surface area contributed by atoms with Crippen LogP contribution in [0.2, 0.25) is 0 Å². The fourth-order valence-corrected chi connectivity index (χ4v) is 2.83. The van der Waals surface area contributed by atoms with E-state index in [1.807, 2.05) is 67.6 Å². The van der Waals surface area contributed by atoms with Crippen LogP contribution in [-0.2, 0) is 11.3 Å². The van der Waals surface area contributed by atoms with E-state index in [2.05, 4.69) is 10.6 Å². The predicted molar refractivity (Wildman–Crippen MR) is 104 cm³/mol. The molecule has 3 aromatic carbocycles. The zero-order chi connectivity index (χ0) is 18.4. The summed E-state index contributed by atoms with van der Waals surface area (Å²) in [7, 11) is 0. The van der Waals surface area contributed by atoms with E-state index in [-0.39, 0.29) is 18.2 Å². The third-order valence-corrected chi connectivity index (χ3v) is 4.22. The highest BCUT2D eigenvalue weighted by Crippen LogP contribution is 2.15. The van der Waals surface area contributed by atoms with Gasteiger partial charge in [-0.1, -0.05) is 60.2 Å². The van der Waals surface area contributed by atoms with E-state index in [0.717, 1.165) is 16.3 Å². The first-order valence-corrected chi connectivity index (χ1v) is 8.71. The van der Waals surface area contributed by atoms with E-state index in [0.29, 0.717) is 18.7 Å². The molecule has 3 rings (SSSR count). The van der Waals surface area contributed by atoms with Crippen molar-refractivity contribution in [2.75, 3.05) is 6.54 Å². The molecule has 0 spiro atoms. The van der Waals surface area contributed by atoms with Crippen LogP contribution < -0.4 is 10.6 Å². The third kappa shape index (κ3) is 4.70. The first kappa shape index (κ1) is 17.7.